The third-order valence-corrected chi connectivity index (χ3v) is 6.55. The lowest BCUT2D eigenvalue weighted by Gasteiger charge is -2.18. The SMILES string of the molecule is COc1ccc(CC(NC(=O)OCC2c3ccccc3-c3ccccc32)C(=O)O)c2ccccc12. The lowest BCUT2D eigenvalue weighted by molar-refractivity contribution is -0.139. The number of aliphatic carboxylic acids is 1. The maximum absolute atomic E-state index is 12.7. The molecule has 4 aromatic rings. The molecule has 6 heteroatoms. The van der Waals surface area contributed by atoms with Crippen molar-refractivity contribution in [1.82, 2.24) is 5.32 Å². The number of carbonyl (C=O) groups is 2. The molecule has 5 rings (SSSR count). The molecule has 1 aliphatic carbocycles. The summed E-state index contributed by atoms with van der Waals surface area (Å²) in [6.07, 6.45) is -0.638. The van der Waals surface area contributed by atoms with Gasteiger partial charge in [-0.15, -0.1) is 0 Å². The number of nitrogens with one attached hydrogen (secondary N) is 1. The fourth-order valence-corrected chi connectivity index (χ4v) is 4.89. The van der Waals surface area contributed by atoms with Crippen LogP contribution in [0.25, 0.3) is 21.9 Å². The van der Waals surface area contributed by atoms with Gasteiger partial charge in [0, 0.05) is 17.7 Å². The van der Waals surface area contributed by atoms with Crippen molar-refractivity contribution in [3.05, 3.63) is 102 Å². The molecule has 1 amide bonds. The number of hydrogen-bond donors (Lipinski definition) is 2. The monoisotopic (exact) mass is 467 g/mol. The Balaban J connectivity index is 1.31. The molecule has 2 N–H and O–H groups in total. The van der Waals surface area contributed by atoms with E-state index in [1.807, 2.05) is 72.8 Å². The molecule has 1 aliphatic rings. The highest BCUT2D eigenvalue weighted by Crippen LogP contribution is 2.44. The Kier molecular flexibility index (Phi) is 6.10. The predicted octanol–water partition coefficient (Wildman–Crippen LogP) is 5.38. The fourth-order valence-electron chi connectivity index (χ4n) is 4.89. The molecule has 0 saturated heterocycles. The van der Waals surface area contributed by atoms with Crippen LogP contribution < -0.4 is 10.1 Å². The zero-order valence-corrected chi connectivity index (χ0v) is 19.2. The molecule has 176 valence electrons. The van der Waals surface area contributed by atoms with Crippen molar-refractivity contribution < 1.29 is 24.2 Å². The van der Waals surface area contributed by atoms with Crippen molar-refractivity contribution in [3.63, 3.8) is 0 Å². The number of benzene rings is 4. The molecule has 0 bridgehead atoms. The molecule has 0 aliphatic heterocycles. The summed E-state index contributed by atoms with van der Waals surface area (Å²) in [5, 5.41) is 14.1. The summed E-state index contributed by atoms with van der Waals surface area (Å²) in [7, 11) is 1.60. The average molecular weight is 468 g/mol. The number of carbonyl (C=O) groups excluding carboxylic acids is 1. The topological polar surface area (TPSA) is 84.9 Å². The predicted molar refractivity (Wildman–Crippen MR) is 134 cm³/mol. The van der Waals surface area contributed by atoms with Crippen molar-refractivity contribution in [2.24, 2.45) is 0 Å². The summed E-state index contributed by atoms with van der Waals surface area (Å²) < 4.78 is 11.0. The number of alkyl carbamates (subject to hydrolysis) is 1. The summed E-state index contributed by atoms with van der Waals surface area (Å²) in [6, 6.07) is 26.3. The number of hydrogen-bond acceptors (Lipinski definition) is 4. The summed E-state index contributed by atoms with van der Waals surface area (Å²) in [4.78, 5) is 24.7. The summed E-state index contributed by atoms with van der Waals surface area (Å²) in [5.41, 5.74) is 5.26. The molecule has 6 nitrogen and oxygen atoms in total. The Hall–Kier alpha value is -4.32. The Labute approximate surface area is 203 Å². The molecular weight excluding hydrogens is 442 g/mol. The van der Waals surface area contributed by atoms with E-state index in [1.54, 1.807) is 7.11 Å². The van der Waals surface area contributed by atoms with Crippen LogP contribution in [0.4, 0.5) is 4.79 Å². The first kappa shape index (κ1) is 22.5. The summed E-state index contributed by atoms with van der Waals surface area (Å²) in [6.45, 7) is 0.123. The normalized spacial score (nSPS) is 13.1. The second-order valence-electron chi connectivity index (χ2n) is 8.54. The largest absolute Gasteiger partial charge is 0.496 e. The first-order valence-electron chi connectivity index (χ1n) is 11.5. The van der Waals surface area contributed by atoms with Crippen molar-refractivity contribution >= 4 is 22.8 Å². The lowest BCUT2D eigenvalue weighted by Crippen LogP contribution is -2.43. The number of carboxylic acids is 1. The number of carboxylic acid groups (broad SMARTS) is 1. The maximum Gasteiger partial charge on any atom is 0.407 e. The third-order valence-electron chi connectivity index (χ3n) is 6.55. The first-order valence-corrected chi connectivity index (χ1v) is 11.5. The number of fused-ring (bicyclic) bond motifs is 4. The van der Waals surface area contributed by atoms with Crippen molar-refractivity contribution in [1.29, 1.82) is 0 Å². The quantitative estimate of drug-likeness (QED) is 0.381. The molecule has 35 heavy (non-hydrogen) atoms. The minimum atomic E-state index is -1.14. The zero-order chi connectivity index (χ0) is 24.4. The van der Waals surface area contributed by atoms with Gasteiger partial charge in [-0.25, -0.2) is 9.59 Å². The van der Waals surface area contributed by atoms with E-state index in [4.69, 9.17) is 9.47 Å². The molecule has 1 unspecified atom stereocenters. The Morgan fingerprint density at radius 1 is 0.857 bits per heavy atom. The summed E-state index contributed by atoms with van der Waals surface area (Å²) >= 11 is 0. The van der Waals surface area contributed by atoms with Gasteiger partial charge >= 0.3 is 12.1 Å². The van der Waals surface area contributed by atoms with Crippen LogP contribution in [0.5, 0.6) is 5.75 Å². The van der Waals surface area contributed by atoms with Crippen LogP contribution in [0, 0.1) is 0 Å². The molecule has 0 fully saturated rings. The molecule has 4 aromatic carbocycles. The van der Waals surface area contributed by atoms with E-state index in [1.165, 1.54) is 0 Å². The van der Waals surface area contributed by atoms with E-state index in [0.717, 1.165) is 38.6 Å². The van der Waals surface area contributed by atoms with Crippen LogP contribution in [-0.2, 0) is 16.0 Å². The van der Waals surface area contributed by atoms with E-state index >= 15 is 0 Å². The lowest BCUT2D eigenvalue weighted by atomic mass is 9.98. The number of rotatable bonds is 7. The van der Waals surface area contributed by atoms with Gasteiger partial charge in [-0.1, -0.05) is 78.9 Å². The van der Waals surface area contributed by atoms with Crippen LogP contribution in [0.15, 0.2) is 84.9 Å². The minimum absolute atomic E-state index is 0.0954. The van der Waals surface area contributed by atoms with Gasteiger partial charge in [0.05, 0.1) is 7.11 Å². The van der Waals surface area contributed by atoms with Crippen LogP contribution in [0.1, 0.15) is 22.6 Å². The van der Waals surface area contributed by atoms with Gasteiger partial charge in [0.1, 0.15) is 18.4 Å². The third kappa shape index (κ3) is 4.30. The molecule has 0 heterocycles. The minimum Gasteiger partial charge on any atom is -0.496 e. The number of amides is 1. The molecular formula is C29H25NO5. The van der Waals surface area contributed by atoms with Gasteiger partial charge in [0.25, 0.3) is 0 Å². The van der Waals surface area contributed by atoms with Crippen molar-refractivity contribution in [2.45, 2.75) is 18.4 Å². The molecule has 0 aromatic heterocycles. The molecule has 0 saturated carbocycles. The van der Waals surface area contributed by atoms with E-state index in [2.05, 4.69) is 17.4 Å². The standard InChI is InChI=1S/C29H25NO5/c1-34-27-15-14-18(19-8-2-7-13-24(19)27)16-26(28(31)32)30-29(33)35-17-25-22-11-5-3-9-20(22)21-10-4-6-12-23(21)25/h2-15,25-26H,16-17H2,1H3,(H,30,33)(H,31,32). The van der Waals surface area contributed by atoms with Gasteiger partial charge in [-0.2, -0.15) is 0 Å². The highest BCUT2D eigenvalue weighted by molar-refractivity contribution is 5.92. The number of methoxy groups -OCH3 is 1. The molecule has 0 radical (unpaired) electrons. The van der Waals surface area contributed by atoms with Crippen LogP contribution in [0.3, 0.4) is 0 Å². The Morgan fingerprint density at radius 2 is 1.46 bits per heavy atom. The fraction of sp³-hybridized carbons (Fsp3) is 0.172. The zero-order valence-electron chi connectivity index (χ0n) is 19.2. The smallest absolute Gasteiger partial charge is 0.407 e. The van der Waals surface area contributed by atoms with Gasteiger partial charge in [-0.3, -0.25) is 0 Å². The van der Waals surface area contributed by atoms with E-state index in [-0.39, 0.29) is 18.9 Å². The molecule has 1 atom stereocenters. The average Bonchev–Trinajstić information content (AvgIpc) is 3.21. The van der Waals surface area contributed by atoms with Gasteiger partial charge < -0.3 is 19.9 Å². The summed E-state index contributed by atoms with van der Waals surface area (Å²) in [5.74, 6) is -0.513. The number of ether oxygens (including phenoxy) is 2. The van der Waals surface area contributed by atoms with Gasteiger partial charge in [0.2, 0.25) is 0 Å². The maximum atomic E-state index is 12.7. The van der Waals surface area contributed by atoms with E-state index in [0.29, 0.717) is 5.75 Å². The van der Waals surface area contributed by atoms with Crippen LogP contribution in [-0.4, -0.2) is 36.9 Å². The van der Waals surface area contributed by atoms with E-state index in [9.17, 15) is 14.7 Å². The van der Waals surface area contributed by atoms with Crippen molar-refractivity contribution in [2.75, 3.05) is 13.7 Å². The second kappa shape index (κ2) is 9.50. The highest BCUT2D eigenvalue weighted by Gasteiger charge is 2.30. The van der Waals surface area contributed by atoms with Gasteiger partial charge in [-0.05, 0) is 39.3 Å². The second-order valence-corrected chi connectivity index (χ2v) is 8.54. The Morgan fingerprint density at radius 3 is 2.09 bits per heavy atom. The Bertz CT molecular complexity index is 1370. The van der Waals surface area contributed by atoms with Crippen LogP contribution >= 0.6 is 0 Å². The van der Waals surface area contributed by atoms with Gasteiger partial charge in [0.15, 0.2) is 0 Å². The van der Waals surface area contributed by atoms with Crippen LogP contribution in [0.2, 0.25) is 0 Å². The highest BCUT2D eigenvalue weighted by atomic mass is 16.5. The first-order chi connectivity index (χ1) is 17.1. The molecule has 0 spiro atoms. The van der Waals surface area contributed by atoms with Crippen molar-refractivity contribution in [3.8, 4) is 16.9 Å². The van der Waals surface area contributed by atoms with E-state index < -0.39 is 18.1 Å².